The Balaban J connectivity index is 1.66. The van der Waals surface area contributed by atoms with Gasteiger partial charge in [-0.2, -0.15) is 0 Å². The van der Waals surface area contributed by atoms with E-state index in [2.05, 4.69) is 65.2 Å². The Hall–Kier alpha value is -0.380. The van der Waals surface area contributed by atoms with Crippen molar-refractivity contribution in [2.24, 2.45) is 0 Å². The van der Waals surface area contributed by atoms with E-state index < -0.39 is 0 Å². The summed E-state index contributed by atoms with van der Waals surface area (Å²) in [6.07, 6.45) is 6.24. The first-order chi connectivity index (χ1) is 10.1. The topological polar surface area (TPSA) is 15.3 Å². The van der Waals surface area contributed by atoms with Crippen molar-refractivity contribution in [1.29, 1.82) is 0 Å². The SMILES string of the molecule is CC(C)N(C)CCCCNC1CCc2cc(Br)ccc2C1. The number of halogens is 1. The molecule has 1 aromatic rings. The van der Waals surface area contributed by atoms with Crippen molar-refractivity contribution in [3.63, 3.8) is 0 Å². The molecule has 0 radical (unpaired) electrons. The molecule has 0 fully saturated rings. The molecule has 0 amide bonds. The summed E-state index contributed by atoms with van der Waals surface area (Å²) in [7, 11) is 2.22. The van der Waals surface area contributed by atoms with Crippen LogP contribution in [0.15, 0.2) is 22.7 Å². The van der Waals surface area contributed by atoms with E-state index in [9.17, 15) is 0 Å². The number of benzene rings is 1. The molecular formula is C18H29BrN2. The molecule has 0 aliphatic heterocycles. The summed E-state index contributed by atoms with van der Waals surface area (Å²) in [5, 5.41) is 3.75. The van der Waals surface area contributed by atoms with E-state index in [0.29, 0.717) is 12.1 Å². The van der Waals surface area contributed by atoms with Crippen LogP contribution in [0.25, 0.3) is 0 Å². The van der Waals surface area contributed by atoms with Gasteiger partial charge in [-0.3, -0.25) is 0 Å². The second-order valence-electron chi connectivity index (χ2n) is 6.59. The molecule has 2 nitrogen and oxygen atoms in total. The molecule has 118 valence electrons. The quantitative estimate of drug-likeness (QED) is 0.745. The number of unbranched alkanes of at least 4 members (excludes halogenated alkanes) is 1. The highest BCUT2D eigenvalue weighted by molar-refractivity contribution is 9.10. The minimum atomic E-state index is 0.659. The van der Waals surface area contributed by atoms with Gasteiger partial charge in [0, 0.05) is 16.6 Å². The van der Waals surface area contributed by atoms with Gasteiger partial charge in [0.05, 0.1) is 0 Å². The number of rotatable bonds is 7. The van der Waals surface area contributed by atoms with Crippen LogP contribution in [0.1, 0.15) is 44.2 Å². The van der Waals surface area contributed by atoms with Gasteiger partial charge in [0.1, 0.15) is 0 Å². The fraction of sp³-hybridized carbons (Fsp3) is 0.667. The van der Waals surface area contributed by atoms with Gasteiger partial charge in [-0.15, -0.1) is 0 Å². The van der Waals surface area contributed by atoms with Gasteiger partial charge < -0.3 is 10.2 Å². The Kier molecular flexibility index (Phi) is 6.72. The molecule has 3 heteroatoms. The molecule has 1 N–H and O–H groups in total. The van der Waals surface area contributed by atoms with E-state index in [1.54, 1.807) is 0 Å². The van der Waals surface area contributed by atoms with Crippen molar-refractivity contribution in [2.75, 3.05) is 20.1 Å². The molecule has 21 heavy (non-hydrogen) atoms. The maximum atomic E-state index is 3.75. The average Bonchev–Trinajstić information content (AvgIpc) is 2.46. The first kappa shape index (κ1) is 17.0. The predicted octanol–water partition coefficient (Wildman–Crippen LogP) is 4.02. The number of hydrogen-bond acceptors (Lipinski definition) is 2. The molecule has 0 bridgehead atoms. The van der Waals surface area contributed by atoms with Crippen LogP contribution in [-0.4, -0.2) is 37.1 Å². The molecule has 1 atom stereocenters. The van der Waals surface area contributed by atoms with Gasteiger partial charge in [0.25, 0.3) is 0 Å². The van der Waals surface area contributed by atoms with E-state index in [0.717, 1.165) is 6.54 Å². The van der Waals surface area contributed by atoms with Crippen LogP contribution in [-0.2, 0) is 12.8 Å². The first-order valence-electron chi connectivity index (χ1n) is 8.27. The largest absolute Gasteiger partial charge is 0.314 e. The van der Waals surface area contributed by atoms with Crippen LogP contribution in [0.5, 0.6) is 0 Å². The van der Waals surface area contributed by atoms with Gasteiger partial charge in [0.15, 0.2) is 0 Å². The van der Waals surface area contributed by atoms with Crippen molar-refractivity contribution in [3.05, 3.63) is 33.8 Å². The van der Waals surface area contributed by atoms with Crippen LogP contribution in [0.2, 0.25) is 0 Å². The van der Waals surface area contributed by atoms with Crippen LogP contribution >= 0.6 is 15.9 Å². The molecule has 0 heterocycles. The van der Waals surface area contributed by atoms with Gasteiger partial charge in [0.2, 0.25) is 0 Å². The summed E-state index contributed by atoms with van der Waals surface area (Å²) in [5.41, 5.74) is 3.06. The number of nitrogens with zero attached hydrogens (tertiary/aromatic N) is 1. The predicted molar refractivity (Wildman–Crippen MR) is 95.0 cm³/mol. The normalized spacial score (nSPS) is 18.3. The minimum Gasteiger partial charge on any atom is -0.314 e. The zero-order valence-electron chi connectivity index (χ0n) is 13.7. The third-order valence-corrected chi connectivity index (χ3v) is 5.14. The van der Waals surface area contributed by atoms with Crippen LogP contribution < -0.4 is 5.32 Å². The van der Waals surface area contributed by atoms with Crippen molar-refractivity contribution >= 4 is 15.9 Å². The zero-order valence-corrected chi connectivity index (χ0v) is 15.2. The van der Waals surface area contributed by atoms with Crippen LogP contribution in [0.4, 0.5) is 0 Å². The van der Waals surface area contributed by atoms with E-state index in [1.165, 1.54) is 54.2 Å². The van der Waals surface area contributed by atoms with E-state index >= 15 is 0 Å². The van der Waals surface area contributed by atoms with E-state index in [4.69, 9.17) is 0 Å². The third kappa shape index (κ3) is 5.39. The van der Waals surface area contributed by atoms with Gasteiger partial charge in [-0.1, -0.05) is 22.0 Å². The van der Waals surface area contributed by atoms with E-state index in [-0.39, 0.29) is 0 Å². The Morgan fingerprint density at radius 3 is 2.86 bits per heavy atom. The molecule has 0 spiro atoms. The number of hydrogen-bond donors (Lipinski definition) is 1. The first-order valence-corrected chi connectivity index (χ1v) is 9.06. The molecular weight excluding hydrogens is 324 g/mol. The summed E-state index contributed by atoms with van der Waals surface area (Å²) in [4.78, 5) is 2.43. The summed E-state index contributed by atoms with van der Waals surface area (Å²) < 4.78 is 1.21. The standard InChI is InChI=1S/C18H29BrN2/c1-14(2)21(3)11-5-4-10-20-18-9-7-15-12-17(19)8-6-16(15)13-18/h6,8,12,14,18,20H,4-5,7,9-11,13H2,1-3H3. The molecule has 0 saturated carbocycles. The van der Waals surface area contributed by atoms with Crippen molar-refractivity contribution in [3.8, 4) is 0 Å². The lowest BCUT2D eigenvalue weighted by molar-refractivity contribution is 0.267. The Bertz CT molecular complexity index is 445. The fourth-order valence-electron chi connectivity index (χ4n) is 2.95. The van der Waals surface area contributed by atoms with Gasteiger partial charge in [-0.25, -0.2) is 0 Å². The number of fused-ring (bicyclic) bond motifs is 1. The zero-order chi connectivity index (χ0) is 15.2. The lowest BCUT2D eigenvalue weighted by Gasteiger charge is -2.26. The van der Waals surface area contributed by atoms with Gasteiger partial charge in [-0.05, 0) is 89.3 Å². The van der Waals surface area contributed by atoms with Gasteiger partial charge >= 0.3 is 0 Å². The molecule has 1 aliphatic carbocycles. The molecule has 0 saturated heterocycles. The van der Waals surface area contributed by atoms with E-state index in [1.807, 2.05) is 0 Å². The second kappa shape index (κ2) is 8.30. The lowest BCUT2D eigenvalue weighted by atomic mass is 9.88. The fourth-order valence-corrected chi connectivity index (χ4v) is 3.36. The monoisotopic (exact) mass is 352 g/mol. The van der Waals surface area contributed by atoms with Crippen molar-refractivity contribution in [2.45, 2.75) is 58.0 Å². The van der Waals surface area contributed by atoms with Crippen molar-refractivity contribution in [1.82, 2.24) is 10.2 Å². The Morgan fingerprint density at radius 2 is 2.10 bits per heavy atom. The lowest BCUT2D eigenvalue weighted by Crippen LogP contribution is -2.35. The number of aryl methyl sites for hydroxylation is 1. The summed E-state index contributed by atoms with van der Waals surface area (Å²) in [6.45, 7) is 6.88. The molecule has 1 aromatic carbocycles. The van der Waals surface area contributed by atoms with Crippen molar-refractivity contribution < 1.29 is 0 Å². The van der Waals surface area contributed by atoms with Crippen LogP contribution in [0, 0.1) is 0 Å². The third-order valence-electron chi connectivity index (χ3n) is 4.65. The summed E-state index contributed by atoms with van der Waals surface area (Å²) in [5.74, 6) is 0. The molecule has 1 unspecified atom stereocenters. The maximum absolute atomic E-state index is 3.75. The highest BCUT2D eigenvalue weighted by atomic mass is 79.9. The summed E-state index contributed by atoms with van der Waals surface area (Å²) in [6, 6.07) is 8.06. The minimum absolute atomic E-state index is 0.659. The molecule has 2 rings (SSSR count). The summed E-state index contributed by atoms with van der Waals surface area (Å²) >= 11 is 3.57. The molecule has 0 aromatic heterocycles. The smallest absolute Gasteiger partial charge is 0.0178 e. The highest BCUT2D eigenvalue weighted by Gasteiger charge is 2.17. The Morgan fingerprint density at radius 1 is 1.29 bits per heavy atom. The Labute approximate surface area is 138 Å². The van der Waals surface area contributed by atoms with Crippen LogP contribution in [0.3, 0.4) is 0 Å². The number of nitrogens with one attached hydrogen (secondary N) is 1. The second-order valence-corrected chi connectivity index (χ2v) is 7.50. The highest BCUT2D eigenvalue weighted by Crippen LogP contribution is 2.24. The average molecular weight is 353 g/mol. The maximum Gasteiger partial charge on any atom is 0.0178 e. The molecule has 1 aliphatic rings.